The Morgan fingerprint density at radius 3 is 1.44 bits per heavy atom. The molecule has 148 valence electrons. The van der Waals surface area contributed by atoms with Crippen LogP contribution in [0.3, 0.4) is 0 Å². The van der Waals surface area contributed by atoms with Gasteiger partial charge >= 0.3 is 5.97 Å². The summed E-state index contributed by atoms with van der Waals surface area (Å²) in [6.07, 6.45) is 21.7. The number of carboxylic acids is 1. The molecule has 0 fully saturated rings. The predicted octanol–water partition coefficient (Wildman–Crippen LogP) is 6.91. The van der Waals surface area contributed by atoms with Crippen LogP contribution in [0, 0.1) is 0 Å². The smallest absolute Gasteiger partial charge is 0.333 e. The summed E-state index contributed by atoms with van der Waals surface area (Å²) < 4.78 is 5.30. The Balaban J connectivity index is 3.05. The zero-order chi connectivity index (χ0) is 18.6. The lowest BCUT2D eigenvalue weighted by Crippen LogP contribution is -2.07. The summed E-state index contributed by atoms with van der Waals surface area (Å²) in [7, 11) is 0. The fourth-order valence-corrected chi connectivity index (χ4v) is 3.01. The van der Waals surface area contributed by atoms with Gasteiger partial charge in [0.25, 0.3) is 0 Å². The summed E-state index contributed by atoms with van der Waals surface area (Å²) in [6.45, 7) is 6.51. The number of rotatable bonds is 20. The zero-order valence-electron chi connectivity index (χ0n) is 16.7. The van der Waals surface area contributed by atoms with Gasteiger partial charge in [-0.25, -0.2) is 4.79 Å². The highest BCUT2D eigenvalue weighted by Gasteiger charge is 2.02. The Morgan fingerprint density at radius 1 is 0.720 bits per heavy atom. The second kappa shape index (κ2) is 19.5. The Morgan fingerprint density at radius 2 is 1.08 bits per heavy atom. The molecule has 3 heteroatoms. The lowest BCUT2D eigenvalue weighted by atomic mass is 10.0. The van der Waals surface area contributed by atoms with Crippen molar-refractivity contribution in [3.63, 3.8) is 0 Å². The third kappa shape index (κ3) is 19.3. The molecule has 0 aromatic heterocycles. The summed E-state index contributed by atoms with van der Waals surface area (Å²) in [6, 6.07) is 0. The summed E-state index contributed by atoms with van der Waals surface area (Å²) in [5.74, 6) is -0.966. The molecule has 0 bridgehead atoms. The van der Waals surface area contributed by atoms with Gasteiger partial charge in [-0.15, -0.1) is 0 Å². The number of ether oxygens (including phenoxy) is 1. The monoisotopic (exact) mass is 354 g/mol. The van der Waals surface area contributed by atoms with E-state index in [1.807, 2.05) is 0 Å². The van der Waals surface area contributed by atoms with Crippen LogP contribution in [0.1, 0.15) is 110 Å². The third-order valence-corrected chi connectivity index (χ3v) is 4.72. The highest BCUT2D eigenvalue weighted by atomic mass is 16.5. The Bertz CT molecular complexity index is 312. The first-order valence-corrected chi connectivity index (χ1v) is 10.7. The van der Waals surface area contributed by atoms with E-state index in [0.29, 0.717) is 6.61 Å². The van der Waals surface area contributed by atoms with Crippen LogP contribution in [-0.4, -0.2) is 24.3 Å². The molecule has 0 heterocycles. The maximum Gasteiger partial charge on any atom is 0.333 e. The normalized spacial score (nSPS) is 10.9. The average molecular weight is 355 g/mol. The number of unbranched alkanes of at least 4 members (excludes halogenated alkanes) is 15. The summed E-state index contributed by atoms with van der Waals surface area (Å²) in [5, 5.41) is 8.65. The first-order chi connectivity index (χ1) is 12.2. The van der Waals surface area contributed by atoms with E-state index in [4.69, 9.17) is 9.84 Å². The van der Waals surface area contributed by atoms with E-state index in [9.17, 15) is 4.79 Å². The second-order valence-electron chi connectivity index (χ2n) is 7.26. The maximum absolute atomic E-state index is 10.5. The highest BCUT2D eigenvalue weighted by molar-refractivity contribution is 5.85. The molecular formula is C22H42O3. The van der Waals surface area contributed by atoms with Crippen LogP contribution in [-0.2, 0) is 9.53 Å². The lowest BCUT2D eigenvalue weighted by Gasteiger charge is -2.05. The molecule has 0 aliphatic carbocycles. The second-order valence-corrected chi connectivity index (χ2v) is 7.26. The van der Waals surface area contributed by atoms with E-state index in [0.717, 1.165) is 6.42 Å². The van der Waals surface area contributed by atoms with E-state index >= 15 is 0 Å². The fourth-order valence-electron chi connectivity index (χ4n) is 3.01. The van der Waals surface area contributed by atoms with Gasteiger partial charge in [-0.1, -0.05) is 110 Å². The molecule has 0 amide bonds. The topological polar surface area (TPSA) is 46.5 Å². The van der Waals surface area contributed by atoms with Crippen molar-refractivity contribution in [1.82, 2.24) is 0 Å². The molecule has 0 aliphatic heterocycles. The maximum atomic E-state index is 10.5. The average Bonchev–Trinajstić information content (AvgIpc) is 2.60. The van der Waals surface area contributed by atoms with Crippen molar-refractivity contribution < 1.29 is 14.6 Å². The van der Waals surface area contributed by atoms with Gasteiger partial charge in [0.05, 0.1) is 12.2 Å². The van der Waals surface area contributed by atoms with Gasteiger partial charge in [-0.2, -0.15) is 0 Å². The Hall–Kier alpha value is -0.830. The number of hydrogen-bond donors (Lipinski definition) is 1. The van der Waals surface area contributed by atoms with Gasteiger partial charge in [-0.05, 0) is 6.42 Å². The van der Waals surface area contributed by atoms with Crippen molar-refractivity contribution in [1.29, 1.82) is 0 Å². The molecule has 0 saturated heterocycles. The van der Waals surface area contributed by atoms with Crippen molar-refractivity contribution >= 4 is 5.97 Å². The first-order valence-electron chi connectivity index (χ1n) is 10.7. The zero-order valence-corrected chi connectivity index (χ0v) is 16.7. The van der Waals surface area contributed by atoms with Crippen molar-refractivity contribution in [2.75, 3.05) is 13.2 Å². The van der Waals surface area contributed by atoms with E-state index in [-0.39, 0.29) is 12.2 Å². The van der Waals surface area contributed by atoms with Gasteiger partial charge in [0.15, 0.2) is 0 Å². The molecule has 0 aliphatic rings. The van der Waals surface area contributed by atoms with Crippen LogP contribution in [0.25, 0.3) is 0 Å². The molecular weight excluding hydrogens is 312 g/mol. The van der Waals surface area contributed by atoms with Crippen LogP contribution in [0.4, 0.5) is 0 Å². The first kappa shape index (κ1) is 24.2. The van der Waals surface area contributed by atoms with Crippen LogP contribution < -0.4 is 0 Å². The van der Waals surface area contributed by atoms with Crippen molar-refractivity contribution in [3.8, 4) is 0 Å². The number of carbonyl (C=O) groups is 1. The lowest BCUT2D eigenvalue weighted by molar-refractivity contribution is -0.133. The van der Waals surface area contributed by atoms with Crippen molar-refractivity contribution in [2.24, 2.45) is 0 Å². The molecule has 1 N–H and O–H groups in total. The molecule has 0 saturated carbocycles. The van der Waals surface area contributed by atoms with Crippen molar-refractivity contribution in [3.05, 3.63) is 12.2 Å². The van der Waals surface area contributed by atoms with Gasteiger partial charge < -0.3 is 9.84 Å². The van der Waals surface area contributed by atoms with E-state index in [1.54, 1.807) is 0 Å². The Kier molecular flexibility index (Phi) is 18.8. The standard InChI is InChI=1S/C22H42O3/c1-3-4-5-6-7-8-9-10-11-12-13-14-15-16-17-18-19-25-20-21(2)22(23)24/h2-20H2,1H3,(H,23,24). The summed E-state index contributed by atoms with van der Waals surface area (Å²) >= 11 is 0. The molecule has 0 spiro atoms. The van der Waals surface area contributed by atoms with Crippen LogP contribution >= 0.6 is 0 Å². The largest absolute Gasteiger partial charge is 0.478 e. The predicted molar refractivity (Wildman–Crippen MR) is 107 cm³/mol. The number of carboxylic acid groups (broad SMARTS) is 1. The summed E-state index contributed by atoms with van der Waals surface area (Å²) in [5.41, 5.74) is 0.136. The minimum absolute atomic E-state index is 0.136. The van der Waals surface area contributed by atoms with Gasteiger partial charge in [-0.3, -0.25) is 0 Å². The SMILES string of the molecule is C=C(COCCCCCCCCCCCCCCCCCC)C(=O)O. The van der Waals surface area contributed by atoms with Gasteiger partial charge in [0.1, 0.15) is 0 Å². The minimum atomic E-state index is -0.966. The highest BCUT2D eigenvalue weighted by Crippen LogP contribution is 2.13. The molecule has 0 rings (SSSR count). The van der Waals surface area contributed by atoms with E-state index in [2.05, 4.69) is 13.5 Å². The molecule has 3 nitrogen and oxygen atoms in total. The molecule has 25 heavy (non-hydrogen) atoms. The molecule has 0 aromatic carbocycles. The molecule has 0 atom stereocenters. The van der Waals surface area contributed by atoms with Crippen LogP contribution in [0.15, 0.2) is 12.2 Å². The molecule has 0 aromatic rings. The fraction of sp³-hybridized carbons (Fsp3) is 0.864. The van der Waals surface area contributed by atoms with Crippen molar-refractivity contribution in [2.45, 2.75) is 110 Å². The Labute approximate surface area is 156 Å². The number of aliphatic carboxylic acids is 1. The quantitative estimate of drug-likeness (QED) is 0.191. The third-order valence-electron chi connectivity index (χ3n) is 4.72. The van der Waals surface area contributed by atoms with Crippen LogP contribution in [0.5, 0.6) is 0 Å². The molecule has 0 unspecified atom stereocenters. The van der Waals surface area contributed by atoms with Crippen LogP contribution in [0.2, 0.25) is 0 Å². The molecule has 0 radical (unpaired) electrons. The van der Waals surface area contributed by atoms with E-state index in [1.165, 1.54) is 96.3 Å². The van der Waals surface area contributed by atoms with Gasteiger partial charge in [0.2, 0.25) is 0 Å². The minimum Gasteiger partial charge on any atom is -0.478 e. The number of hydrogen-bond acceptors (Lipinski definition) is 2. The summed E-state index contributed by atoms with van der Waals surface area (Å²) in [4.78, 5) is 10.5. The van der Waals surface area contributed by atoms with Gasteiger partial charge in [0, 0.05) is 6.61 Å². The van der Waals surface area contributed by atoms with E-state index < -0.39 is 5.97 Å².